The van der Waals surface area contributed by atoms with Crippen molar-refractivity contribution in [3.05, 3.63) is 30.1 Å². The van der Waals surface area contributed by atoms with E-state index in [1.807, 2.05) is 0 Å². The van der Waals surface area contributed by atoms with Gasteiger partial charge in [-0.05, 0) is 43.0 Å². The van der Waals surface area contributed by atoms with Crippen LogP contribution in [0.4, 0.5) is 4.39 Å². The minimum absolute atomic E-state index is 0.0391. The van der Waals surface area contributed by atoms with E-state index < -0.39 is 21.4 Å². The van der Waals surface area contributed by atoms with Crippen LogP contribution >= 0.6 is 0 Å². The highest BCUT2D eigenvalue weighted by atomic mass is 32.2. The molecule has 1 aliphatic carbocycles. The number of amides is 1. The molecule has 1 atom stereocenters. The highest BCUT2D eigenvalue weighted by molar-refractivity contribution is 7.89. The highest BCUT2D eigenvalue weighted by Gasteiger charge is 2.49. The third-order valence-electron chi connectivity index (χ3n) is 5.08. The minimum Gasteiger partial charge on any atom is -0.387 e. The number of rotatable bonds is 5. The number of carbonyl (C=O) groups excluding carboxylic acids is 1. The Hall–Kier alpha value is -2.00. The number of benzene rings is 1. The maximum absolute atomic E-state index is 13.0. The molecular formula is C17H20FN3O4S. The van der Waals surface area contributed by atoms with E-state index in [0.29, 0.717) is 31.0 Å². The molecule has 0 unspecified atom stereocenters. The molecule has 0 aromatic heterocycles. The number of nitrogens with zero attached hydrogens (tertiary/aromatic N) is 2. The lowest BCUT2D eigenvalue weighted by Crippen LogP contribution is -2.38. The van der Waals surface area contributed by atoms with Gasteiger partial charge >= 0.3 is 0 Å². The maximum Gasteiger partial charge on any atom is 0.269 e. The number of carbonyl (C=O) groups is 1. The van der Waals surface area contributed by atoms with Crippen LogP contribution in [-0.4, -0.2) is 49.6 Å². The summed E-state index contributed by atoms with van der Waals surface area (Å²) < 4.78 is 39.8. The third kappa shape index (κ3) is 3.33. The van der Waals surface area contributed by atoms with Gasteiger partial charge in [0, 0.05) is 25.9 Å². The van der Waals surface area contributed by atoms with E-state index in [2.05, 4.69) is 10.5 Å². The lowest BCUT2D eigenvalue weighted by Gasteiger charge is -2.21. The van der Waals surface area contributed by atoms with E-state index in [1.165, 1.54) is 16.4 Å². The first-order valence-corrected chi connectivity index (χ1v) is 10.1. The van der Waals surface area contributed by atoms with Crippen molar-refractivity contribution >= 4 is 21.6 Å². The molecule has 1 N–H and O–H groups in total. The topological polar surface area (TPSA) is 88.1 Å². The molecule has 140 valence electrons. The van der Waals surface area contributed by atoms with Gasteiger partial charge in [-0.2, -0.15) is 4.31 Å². The van der Waals surface area contributed by atoms with Crippen molar-refractivity contribution in [1.82, 2.24) is 9.62 Å². The van der Waals surface area contributed by atoms with Gasteiger partial charge in [0.15, 0.2) is 5.60 Å². The van der Waals surface area contributed by atoms with Crippen LogP contribution in [0.3, 0.4) is 0 Å². The van der Waals surface area contributed by atoms with Gasteiger partial charge in [0.2, 0.25) is 10.0 Å². The van der Waals surface area contributed by atoms with Crippen molar-refractivity contribution in [3.8, 4) is 0 Å². The Morgan fingerprint density at radius 2 is 2.08 bits per heavy atom. The molecule has 1 aromatic rings. The van der Waals surface area contributed by atoms with Crippen LogP contribution in [0.1, 0.15) is 25.7 Å². The smallest absolute Gasteiger partial charge is 0.269 e. The molecule has 2 aliphatic heterocycles. The van der Waals surface area contributed by atoms with E-state index in [9.17, 15) is 17.6 Å². The van der Waals surface area contributed by atoms with Gasteiger partial charge < -0.3 is 10.2 Å². The summed E-state index contributed by atoms with van der Waals surface area (Å²) in [6.45, 7) is 1.04. The van der Waals surface area contributed by atoms with Crippen molar-refractivity contribution in [2.75, 3.05) is 19.6 Å². The van der Waals surface area contributed by atoms with E-state index in [-0.39, 0.29) is 23.9 Å². The second kappa shape index (κ2) is 6.31. The summed E-state index contributed by atoms with van der Waals surface area (Å²) >= 11 is 0. The van der Waals surface area contributed by atoms with Crippen LogP contribution in [-0.2, 0) is 19.7 Å². The fraction of sp³-hybridized carbons (Fsp3) is 0.529. The second-order valence-electron chi connectivity index (χ2n) is 7.18. The number of oxime groups is 1. The largest absolute Gasteiger partial charge is 0.387 e. The number of halogens is 1. The molecule has 1 amide bonds. The normalized spacial score (nSPS) is 26.0. The third-order valence-corrected chi connectivity index (χ3v) is 6.94. The quantitative estimate of drug-likeness (QED) is 0.832. The Kier molecular flexibility index (Phi) is 4.23. The van der Waals surface area contributed by atoms with Crippen LogP contribution < -0.4 is 5.32 Å². The SMILES string of the molecule is O=C(NCC1CC1)C1=NO[C@@]2(CCN(S(=O)(=O)c3ccc(F)cc3)C2)C1. The first-order valence-electron chi connectivity index (χ1n) is 8.67. The van der Waals surface area contributed by atoms with Gasteiger partial charge in [-0.25, -0.2) is 12.8 Å². The molecule has 1 saturated carbocycles. The zero-order chi connectivity index (χ0) is 18.4. The lowest BCUT2D eigenvalue weighted by molar-refractivity contribution is -0.115. The summed E-state index contributed by atoms with van der Waals surface area (Å²) in [6.07, 6.45) is 3.03. The first-order chi connectivity index (χ1) is 12.4. The average molecular weight is 381 g/mol. The van der Waals surface area contributed by atoms with Crippen LogP contribution in [0.2, 0.25) is 0 Å². The number of hydrogen-bond acceptors (Lipinski definition) is 5. The predicted molar refractivity (Wildman–Crippen MR) is 91.4 cm³/mol. The fourth-order valence-electron chi connectivity index (χ4n) is 3.29. The molecule has 26 heavy (non-hydrogen) atoms. The number of nitrogens with one attached hydrogen (secondary N) is 1. The van der Waals surface area contributed by atoms with Gasteiger partial charge in [-0.3, -0.25) is 4.79 Å². The highest BCUT2D eigenvalue weighted by Crippen LogP contribution is 2.36. The monoisotopic (exact) mass is 381 g/mol. The number of hydrogen-bond donors (Lipinski definition) is 1. The number of sulfonamides is 1. The summed E-state index contributed by atoms with van der Waals surface area (Å²) in [5.41, 5.74) is -0.481. The molecular weight excluding hydrogens is 361 g/mol. The van der Waals surface area contributed by atoms with Crippen molar-refractivity contribution in [2.45, 2.75) is 36.2 Å². The fourth-order valence-corrected chi connectivity index (χ4v) is 4.81. The van der Waals surface area contributed by atoms with Crippen LogP contribution in [0.5, 0.6) is 0 Å². The molecule has 3 aliphatic rings. The molecule has 1 saturated heterocycles. The zero-order valence-corrected chi connectivity index (χ0v) is 15.0. The summed E-state index contributed by atoms with van der Waals surface area (Å²) in [5.74, 6) is -0.163. The molecule has 1 spiro atoms. The summed E-state index contributed by atoms with van der Waals surface area (Å²) in [5, 5.41) is 6.75. The van der Waals surface area contributed by atoms with Gasteiger partial charge in [0.25, 0.3) is 5.91 Å². The van der Waals surface area contributed by atoms with E-state index in [1.54, 1.807) is 0 Å². The van der Waals surface area contributed by atoms with Gasteiger partial charge in [0.05, 0.1) is 11.4 Å². The van der Waals surface area contributed by atoms with Crippen LogP contribution in [0, 0.1) is 11.7 Å². The molecule has 1 aromatic carbocycles. The Morgan fingerprint density at radius 1 is 1.35 bits per heavy atom. The van der Waals surface area contributed by atoms with E-state index >= 15 is 0 Å². The standard InChI is InChI=1S/C17H20FN3O4S/c18-13-3-5-14(6-4-13)26(23,24)21-8-7-17(11-21)9-15(20-25-17)16(22)19-10-12-1-2-12/h3-6,12H,1-2,7-11H2,(H,19,22)/t17-/m0/s1. The molecule has 7 nitrogen and oxygen atoms in total. The van der Waals surface area contributed by atoms with Crippen molar-refractivity contribution in [2.24, 2.45) is 11.1 Å². The minimum atomic E-state index is -3.73. The molecule has 0 radical (unpaired) electrons. The van der Waals surface area contributed by atoms with E-state index in [0.717, 1.165) is 25.0 Å². The Balaban J connectivity index is 1.40. The van der Waals surface area contributed by atoms with Crippen molar-refractivity contribution in [3.63, 3.8) is 0 Å². The first kappa shape index (κ1) is 17.4. The van der Waals surface area contributed by atoms with Crippen molar-refractivity contribution < 1.29 is 22.4 Å². The molecule has 4 rings (SSSR count). The Labute approximate surface area is 151 Å². The van der Waals surface area contributed by atoms with Crippen LogP contribution in [0.15, 0.2) is 34.3 Å². The van der Waals surface area contributed by atoms with E-state index in [4.69, 9.17) is 4.84 Å². The van der Waals surface area contributed by atoms with Gasteiger partial charge in [0.1, 0.15) is 11.5 Å². The summed E-state index contributed by atoms with van der Waals surface area (Å²) in [6, 6.07) is 4.74. The lowest BCUT2D eigenvalue weighted by atomic mass is 9.96. The molecule has 9 heteroatoms. The van der Waals surface area contributed by atoms with Crippen molar-refractivity contribution in [1.29, 1.82) is 0 Å². The predicted octanol–water partition coefficient (Wildman–Crippen LogP) is 1.26. The zero-order valence-electron chi connectivity index (χ0n) is 14.2. The Bertz CT molecular complexity index is 851. The van der Waals surface area contributed by atoms with Gasteiger partial charge in [-0.1, -0.05) is 5.16 Å². The summed E-state index contributed by atoms with van der Waals surface area (Å²) in [4.78, 5) is 17.7. The van der Waals surface area contributed by atoms with Crippen LogP contribution in [0.25, 0.3) is 0 Å². The Morgan fingerprint density at radius 3 is 2.77 bits per heavy atom. The molecule has 2 heterocycles. The average Bonchev–Trinajstić information content (AvgIpc) is 3.21. The molecule has 0 bridgehead atoms. The maximum atomic E-state index is 13.0. The summed E-state index contributed by atoms with van der Waals surface area (Å²) in [7, 11) is -3.73. The second-order valence-corrected chi connectivity index (χ2v) is 9.12. The molecule has 2 fully saturated rings. The van der Waals surface area contributed by atoms with Gasteiger partial charge in [-0.15, -0.1) is 0 Å².